The second-order valence-corrected chi connectivity index (χ2v) is 7.20. The van der Waals surface area contributed by atoms with Crippen LogP contribution in [0.2, 0.25) is 0 Å². The van der Waals surface area contributed by atoms with Gasteiger partial charge in [0.1, 0.15) is 0 Å². The lowest BCUT2D eigenvalue weighted by Gasteiger charge is -2.02. The van der Waals surface area contributed by atoms with Crippen LogP contribution in [-0.2, 0) is 0 Å². The second kappa shape index (κ2) is 23.7. The van der Waals surface area contributed by atoms with E-state index in [1.165, 1.54) is 96.3 Å². The molecule has 0 saturated carbocycles. The van der Waals surface area contributed by atoms with Crippen molar-refractivity contribution in [3.8, 4) is 0 Å². The van der Waals surface area contributed by atoms with E-state index in [0.29, 0.717) is 0 Å². The average molecular weight is 357 g/mol. The van der Waals surface area contributed by atoms with Crippen LogP contribution >= 0.6 is 0 Å². The molecule has 0 aromatic rings. The summed E-state index contributed by atoms with van der Waals surface area (Å²) in [5.74, 6) is 0. The Morgan fingerprint density at radius 1 is 0.462 bits per heavy atom. The van der Waals surface area contributed by atoms with Gasteiger partial charge in [0.05, 0.1) is 0 Å². The Bertz CT molecular complexity index is 381. The Balaban J connectivity index is 3.20. The maximum absolute atomic E-state index is 3.64. The highest BCUT2D eigenvalue weighted by molar-refractivity contribution is 5.17. The van der Waals surface area contributed by atoms with Gasteiger partial charge in [-0.15, -0.1) is 0 Å². The summed E-state index contributed by atoms with van der Waals surface area (Å²) < 4.78 is 0. The molecule has 0 amide bonds. The predicted molar refractivity (Wildman–Crippen MR) is 122 cm³/mol. The van der Waals surface area contributed by atoms with Gasteiger partial charge in [-0.3, -0.25) is 0 Å². The molecule has 0 heterocycles. The Hall–Kier alpha value is -1.30. The minimum absolute atomic E-state index is 1.21. The third-order valence-electron chi connectivity index (χ3n) is 4.66. The van der Waals surface area contributed by atoms with Gasteiger partial charge in [-0.2, -0.15) is 0 Å². The van der Waals surface area contributed by atoms with E-state index in [2.05, 4.69) is 37.8 Å². The first-order valence-corrected chi connectivity index (χ1v) is 11.2. The molecule has 0 aromatic carbocycles. The van der Waals surface area contributed by atoms with Crippen LogP contribution in [0.15, 0.2) is 61.3 Å². The molecule has 0 aliphatic carbocycles. The van der Waals surface area contributed by atoms with Crippen molar-refractivity contribution in [2.45, 2.75) is 103 Å². The van der Waals surface area contributed by atoms with Crippen molar-refractivity contribution in [3.05, 3.63) is 61.3 Å². The molecule has 0 nitrogen and oxygen atoms in total. The third kappa shape index (κ3) is 22.7. The van der Waals surface area contributed by atoms with Crippen LogP contribution in [0, 0.1) is 0 Å². The van der Waals surface area contributed by atoms with Gasteiger partial charge in [0, 0.05) is 0 Å². The fourth-order valence-corrected chi connectivity index (χ4v) is 3.03. The van der Waals surface area contributed by atoms with Gasteiger partial charge in [-0.1, -0.05) is 152 Å². The maximum Gasteiger partial charge on any atom is -0.0348 e. The molecule has 0 heteroatoms. The van der Waals surface area contributed by atoms with Crippen LogP contribution in [0.3, 0.4) is 0 Å². The molecular weight excluding hydrogens is 312 g/mol. The van der Waals surface area contributed by atoms with Crippen LogP contribution in [0.4, 0.5) is 0 Å². The highest BCUT2D eigenvalue weighted by atomic mass is 14.0. The van der Waals surface area contributed by atoms with Gasteiger partial charge in [0.15, 0.2) is 0 Å². The van der Waals surface area contributed by atoms with Gasteiger partial charge in [-0.05, 0) is 12.8 Å². The van der Waals surface area contributed by atoms with E-state index in [-0.39, 0.29) is 0 Å². The Kier molecular flexibility index (Phi) is 22.5. The molecule has 0 bridgehead atoms. The largest absolute Gasteiger partial charge is 0.0991 e. The number of allylic oxidation sites excluding steroid dienone is 9. The smallest absolute Gasteiger partial charge is 0.0348 e. The molecule has 0 radical (unpaired) electrons. The first kappa shape index (κ1) is 24.7. The quantitative estimate of drug-likeness (QED) is 0.160. The van der Waals surface area contributed by atoms with Gasteiger partial charge in [-0.25, -0.2) is 0 Å². The van der Waals surface area contributed by atoms with E-state index in [0.717, 1.165) is 0 Å². The monoisotopic (exact) mass is 356 g/mol. The normalized spacial score (nSPS) is 12.3. The molecule has 148 valence electrons. The molecule has 0 unspecified atom stereocenters. The molecule has 0 aromatic heterocycles. The Morgan fingerprint density at radius 2 is 0.846 bits per heavy atom. The van der Waals surface area contributed by atoms with Gasteiger partial charge in [0.25, 0.3) is 0 Å². The highest BCUT2D eigenvalue weighted by Gasteiger charge is 1.93. The lowest BCUT2D eigenvalue weighted by molar-refractivity contribution is 0.536. The molecule has 0 fully saturated rings. The predicted octanol–water partition coefficient (Wildman–Crippen LogP) is 9.27. The summed E-state index contributed by atoms with van der Waals surface area (Å²) >= 11 is 0. The lowest BCUT2D eigenvalue weighted by Crippen LogP contribution is -1.83. The van der Waals surface area contributed by atoms with Crippen molar-refractivity contribution in [1.82, 2.24) is 0 Å². The number of hydrogen-bond acceptors (Lipinski definition) is 0. The number of hydrogen-bond donors (Lipinski definition) is 0. The molecule has 0 aliphatic rings. The summed E-state index contributed by atoms with van der Waals surface area (Å²) in [5, 5.41) is 0. The standard InChI is InChI=1S/C26H44/c1-3-5-7-9-11-13-15-17-19-21-23-25-26-24-22-20-18-16-14-12-10-8-6-4-2/h3,5,7,9,11,13,15,17,19H,1,4,6,8,10,12,14,16,18,20-26H2,2H3/b7-5+,11-9+,15-13+,19-17+. The Morgan fingerprint density at radius 3 is 1.31 bits per heavy atom. The van der Waals surface area contributed by atoms with E-state index in [9.17, 15) is 0 Å². The van der Waals surface area contributed by atoms with Gasteiger partial charge < -0.3 is 0 Å². The molecule has 0 N–H and O–H groups in total. The zero-order chi connectivity index (χ0) is 19.0. The summed E-state index contributed by atoms with van der Waals surface area (Å²) in [5.41, 5.74) is 0. The minimum atomic E-state index is 1.21. The molecule has 0 aliphatic heterocycles. The van der Waals surface area contributed by atoms with Crippen molar-refractivity contribution in [3.63, 3.8) is 0 Å². The summed E-state index contributed by atoms with van der Waals surface area (Å²) in [7, 11) is 0. The van der Waals surface area contributed by atoms with E-state index < -0.39 is 0 Å². The van der Waals surface area contributed by atoms with Gasteiger partial charge >= 0.3 is 0 Å². The maximum atomic E-state index is 3.64. The average Bonchev–Trinajstić information content (AvgIpc) is 2.66. The van der Waals surface area contributed by atoms with Crippen LogP contribution in [0.1, 0.15) is 103 Å². The zero-order valence-corrected chi connectivity index (χ0v) is 17.5. The molecule has 0 spiro atoms. The molecule has 0 rings (SSSR count). The molecular formula is C26H44. The van der Waals surface area contributed by atoms with Crippen molar-refractivity contribution in [1.29, 1.82) is 0 Å². The van der Waals surface area contributed by atoms with E-state index in [1.807, 2.05) is 24.3 Å². The fraction of sp³-hybridized carbons (Fsp3) is 0.615. The van der Waals surface area contributed by atoms with Crippen LogP contribution < -0.4 is 0 Å². The van der Waals surface area contributed by atoms with Crippen LogP contribution in [-0.4, -0.2) is 0 Å². The van der Waals surface area contributed by atoms with Crippen LogP contribution in [0.5, 0.6) is 0 Å². The molecule has 26 heavy (non-hydrogen) atoms. The van der Waals surface area contributed by atoms with E-state index in [1.54, 1.807) is 6.08 Å². The Labute approximate surface area is 164 Å². The summed E-state index contributed by atoms with van der Waals surface area (Å²) in [6.07, 6.45) is 39.6. The summed E-state index contributed by atoms with van der Waals surface area (Å²) in [6.45, 7) is 5.93. The minimum Gasteiger partial charge on any atom is -0.0991 e. The lowest BCUT2D eigenvalue weighted by atomic mass is 10.0. The summed E-state index contributed by atoms with van der Waals surface area (Å²) in [6, 6.07) is 0. The third-order valence-corrected chi connectivity index (χ3v) is 4.66. The second-order valence-electron chi connectivity index (χ2n) is 7.20. The highest BCUT2D eigenvalue weighted by Crippen LogP contribution is 2.13. The zero-order valence-electron chi connectivity index (χ0n) is 17.5. The fourth-order valence-electron chi connectivity index (χ4n) is 3.03. The van der Waals surface area contributed by atoms with Crippen molar-refractivity contribution < 1.29 is 0 Å². The van der Waals surface area contributed by atoms with E-state index in [4.69, 9.17) is 0 Å². The van der Waals surface area contributed by atoms with Crippen molar-refractivity contribution in [2.75, 3.05) is 0 Å². The van der Waals surface area contributed by atoms with Crippen molar-refractivity contribution >= 4 is 0 Å². The first-order chi connectivity index (χ1) is 12.9. The molecule has 0 atom stereocenters. The van der Waals surface area contributed by atoms with Gasteiger partial charge in [0.2, 0.25) is 0 Å². The van der Waals surface area contributed by atoms with Crippen LogP contribution in [0.25, 0.3) is 0 Å². The number of unbranched alkanes of at least 4 members (excludes halogenated alkanes) is 14. The molecule has 0 saturated heterocycles. The SMILES string of the molecule is C=C/C=C/C=C/C=C/C=C/CCCCCCCCCCCCCCCC. The summed E-state index contributed by atoms with van der Waals surface area (Å²) in [4.78, 5) is 0. The topological polar surface area (TPSA) is 0 Å². The number of rotatable bonds is 19. The first-order valence-electron chi connectivity index (χ1n) is 11.2. The van der Waals surface area contributed by atoms with Crippen molar-refractivity contribution in [2.24, 2.45) is 0 Å². The van der Waals surface area contributed by atoms with E-state index >= 15 is 0 Å².